The third-order valence-electron chi connectivity index (χ3n) is 3.09. The number of H-pyrrole nitrogens is 1. The van der Waals surface area contributed by atoms with Gasteiger partial charge in [0.2, 0.25) is 17.8 Å². The molecule has 86 valence electrons. The number of aromatic nitrogens is 2. The van der Waals surface area contributed by atoms with Gasteiger partial charge in [-0.05, 0) is 12.8 Å². The number of anilines is 1. The van der Waals surface area contributed by atoms with Crippen molar-refractivity contribution in [2.75, 3.05) is 5.32 Å². The molecular weight excluding hydrogens is 208 g/mol. The smallest absolute Gasteiger partial charge is 0.242 e. The van der Waals surface area contributed by atoms with Crippen LogP contribution in [0.1, 0.15) is 25.7 Å². The minimum atomic E-state index is -1.05. The highest BCUT2D eigenvalue weighted by atomic mass is 16.2. The lowest BCUT2D eigenvalue weighted by atomic mass is 9.84. The van der Waals surface area contributed by atoms with Gasteiger partial charge in [0.15, 0.2) is 0 Å². The van der Waals surface area contributed by atoms with E-state index in [0.29, 0.717) is 18.8 Å². The fourth-order valence-electron chi connectivity index (χ4n) is 2.12. The molecule has 0 radical (unpaired) electrons. The second-order valence-corrected chi connectivity index (χ2v) is 4.05. The number of carbonyl (C=O) groups is 2. The van der Waals surface area contributed by atoms with E-state index in [1.54, 1.807) is 6.20 Å². The first kappa shape index (κ1) is 10.7. The van der Waals surface area contributed by atoms with Crippen molar-refractivity contribution in [2.24, 2.45) is 11.1 Å². The van der Waals surface area contributed by atoms with Crippen molar-refractivity contribution in [3.05, 3.63) is 12.4 Å². The predicted molar refractivity (Wildman–Crippen MR) is 57.3 cm³/mol. The molecule has 2 amide bonds. The predicted octanol–water partition coefficient (Wildman–Crippen LogP) is 0.394. The van der Waals surface area contributed by atoms with Crippen LogP contribution in [0.25, 0.3) is 0 Å². The van der Waals surface area contributed by atoms with Gasteiger partial charge in [-0.15, -0.1) is 0 Å². The molecule has 1 aliphatic carbocycles. The fraction of sp³-hybridized carbons (Fsp3) is 0.500. The zero-order valence-electron chi connectivity index (χ0n) is 8.82. The number of nitrogens with one attached hydrogen (secondary N) is 2. The monoisotopic (exact) mass is 222 g/mol. The van der Waals surface area contributed by atoms with E-state index in [1.807, 2.05) is 0 Å². The van der Waals surface area contributed by atoms with Crippen LogP contribution in [-0.4, -0.2) is 21.8 Å². The molecule has 1 fully saturated rings. The molecule has 2 rings (SSSR count). The second-order valence-electron chi connectivity index (χ2n) is 4.05. The lowest BCUT2D eigenvalue weighted by Crippen LogP contribution is -2.45. The Balaban J connectivity index is 2.15. The number of primary amides is 1. The molecule has 0 unspecified atom stereocenters. The van der Waals surface area contributed by atoms with Gasteiger partial charge < -0.3 is 10.7 Å². The van der Waals surface area contributed by atoms with Crippen LogP contribution in [0.4, 0.5) is 5.95 Å². The number of hydrogen-bond donors (Lipinski definition) is 3. The third kappa shape index (κ3) is 1.66. The van der Waals surface area contributed by atoms with Crippen LogP contribution >= 0.6 is 0 Å². The lowest BCUT2D eigenvalue weighted by Gasteiger charge is -2.22. The van der Waals surface area contributed by atoms with E-state index >= 15 is 0 Å². The maximum absolute atomic E-state index is 12.0. The maximum atomic E-state index is 12.0. The molecule has 6 heteroatoms. The summed E-state index contributed by atoms with van der Waals surface area (Å²) in [6, 6.07) is 0. The molecule has 0 aromatic carbocycles. The van der Waals surface area contributed by atoms with E-state index < -0.39 is 11.3 Å². The van der Waals surface area contributed by atoms with Crippen LogP contribution in [0, 0.1) is 5.41 Å². The number of nitrogens with two attached hydrogens (primary N) is 1. The summed E-state index contributed by atoms with van der Waals surface area (Å²) in [5.41, 5.74) is 4.28. The van der Waals surface area contributed by atoms with Gasteiger partial charge in [0.05, 0.1) is 0 Å². The first-order valence-corrected chi connectivity index (χ1v) is 5.26. The van der Waals surface area contributed by atoms with Gasteiger partial charge in [0.1, 0.15) is 5.41 Å². The van der Waals surface area contributed by atoms with Crippen LogP contribution in [0.3, 0.4) is 0 Å². The van der Waals surface area contributed by atoms with E-state index in [9.17, 15) is 9.59 Å². The number of hydrogen-bond acceptors (Lipinski definition) is 3. The molecule has 0 saturated heterocycles. The Hall–Kier alpha value is -1.85. The van der Waals surface area contributed by atoms with Crippen molar-refractivity contribution in [1.29, 1.82) is 0 Å². The molecule has 4 N–H and O–H groups in total. The molecular formula is C10H14N4O2. The fourth-order valence-corrected chi connectivity index (χ4v) is 2.12. The van der Waals surface area contributed by atoms with Gasteiger partial charge in [-0.2, -0.15) is 0 Å². The lowest BCUT2D eigenvalue weighted by molar-refractivity contribution is -0.138. The van der Waals surface area contributed by atoms with Gasteiger partial charge in [-0.25, -0.2) is 4.98 Å². The number of aromatic amines is 1. The van der Waals surface area contributed by atoms with Gasteiger partial charge >= 0.3 is 0 Å². The Kier molecular flexibility index (Phi) is 2.64. The highest BCUT2D eigenvalue weighted by Gasteiger charge is 2.46. The molecule has 6 nitrogen and oxygen atoms in total. The van der Waals surface area contributed by atoms with E-state index in [0.717, 1.165) is 12.8 Å². The Bertz CT molecular complexity index is 393. The average molecular weight is 222 g/mol. The van der Waals surface area contributed by atoms with Gasteiger partial charge in [-0.3, -0.25) is 14.9 Å². The topological polar surface area (TPSA) is 101 Å². The van der Waals surface area contributed by atoms with Gasteiger partial charge in [0.25, 0.3) is 0 Å². The highest BCUT2D eigenvalue weighted by Crippen LogP contribution is 2.38. The Morgan fingerprint density at radius 3 is 2.62 bits per heavy atom. The minimum absolute atomic E-state index is 0.345. The first-order chi connectivity index (χ1) is 7.65. The second kappa shape index (κ2) is 3.96. The molecule has 0 aliphatic heterocycles. The number of imidazole rings is 1. The zero-order chi connectivity index (χ0) is 11.6. The highest BCUT2D eigenvalue weighted by molar-refractivity contribution is 6.09. The average Bonchev–Trinajstić information content (AvgIpc) is 2.87. The number of rotatable bonds is 3. The zero-order valence-corrected chi connectivity index (χ0v) is 8.82. The molecule has 16 heavy (non-hydrogen) atoms. The summed E-state index contributed by atoms with van der Waals surface area (Å²) in [5, 5.41) is 2.58. The van der Waals surface area contributed by atoms with Crippen molar-refractivity contribution < 1.29 is 9.59 Å². The molecule has 1 saturated carbocycles. The Labute approximate surface area is 92.6 Å². The summed E-state index contributed by atoms with van der Waals surface area (Å²) >= 11 is 0. The SMILES string of the molecule is NC(=O)C1(C(=O)Nc2ncc[nH]2)CCCC1. The molecule has 0 bridgehead atoms. The van der Waals surface area contributed by atoms with Crippen LogP contribution in [0.5, 0.6) is 0 Å². The van der Waals surface area contributed by atoms with E-state index in [1.165, 1.54) is 6.20 Å². The molecule has 1 aromatic heterocycles. The third-order valence-corrected chi connectivity index (χ3v) is 3.09. The normalized spacial score (nSPS) is 18.2. The molecule has 1 heterocycles. The molecule has 1 aromatic rings. The standard InChI is InChI=1S/C10H14N4O2/c11-7(15)10(3-1-2-4-10)8(16)14-9-12-5-6-13-9/h5-6H,1-4H2,(H2,11,15)(H2,12,13,14,16). The van der Waals surface area contributed by atoms with Crippen molar-refractivity contribution in [3.8, 4) is 0 Å². The summed E-state index contributed by atoms with van der Waals surface area (Å²) in [5.74, 6) is -0.556. The van der Waals surface area contributed by atoms with E-state index in [-0.39, 0.29) is 5.91 Å². The number of carbonyl (C=O) groups excluding carboxylic acids is 2. The summed E-state index contributed by atoms with van der Waals surface area (Å²) in [6.45, 7) is 0. The minimum Gasteiger partial charge on any atom is -0.369 e. The first-order valence-electron chi connectivity index (χ1n) is 5.26. The van der Waals surface area contributed by atoms with Crippen LogP contribution in [0.15, 0.2) is 12.4 Å². The van der Waals surface area contributed by atoms with Crippen molar-refractivity contribution in [1.82, 2.24) is 9.97 Å². The molecule has 0 spiro atoms. The van der Waals surface area contributed by atoms with Gasteiger partial charge in [-0.1, -0.05) is 12.8 Å². The Morgan fingerprint density at radius 1 is 1.44 bits per heavy atom. The largest absolute Gasteiger partial charge is 0.369 e. The summed E-state index contributed by atoms with van der Waals surface area (Å²) < 4.78 is 0. The maximum Gasteiger partial charge on any atom is 0.242 e. The van der Waals surface area contributed by atoms with Crippen molar-refractivity contribution in [2.45, 2.75) is 25.7 Å². The quantitative estimate of drug-likeness (QED) is 0.645. The van der Waals surface area contributed by atoms with E-state index in [2.05, 4.69) is 15.3 Å². The van der Waals surface area contributed by atoms with Crippen molar-refractivity contribution in [3.63, 3.8) is 0 Å². The van der Waals surface area contributed by atoms with Crippen LogP contribution in [-0.2, 0) is 9.59 Å². The summed E-state index contributed by atoms with van der Waals surface area (Å²) in [6.07, 6.45) is 5.88. The summed E-state index contributed by atoms with van der Waals surface area (Å²) in [7, 11) is 0. The molecule has 1 aliphatic rings. The van der Waals surface area contributed by atoms with Crippen LogP contribution in [0.2, 0.25) is 0 Å². The van der Waals surface area contributed by atoms with Crippen LogP contribution < -0.4 is 11.1 Å². The van der Waals surface area contributed by atoms with E-state index in [4.69, 9.17) is 5.73 Å². The molecule has 0 atom stereocenters. The number of amides is 2. The van der Waals surface area contributed by atoms with Crippen molar-refractivity contribution >= 4 is 17.8 Å². The number of nitrogens with zero attached hydrogens (tertiary/aromatic N) is 1. The summed E-state index contributed by atoms with van der Waals surface area (Å²) in [4.78, 5) is 30.1. The Morgan fingerprint density at radius 2 is 2.12 bits per heavy atom. The van der Waals surface area contributed by atoms with Gasteiger partial charge in [0, 0.05) is 12.4 Å².